The molecule has 0 aromatic heterocycles. The molecule has 1 aliphatic heterocycles. The van der Waals surface area contributed by atoms with Gasteiger partial charge in [0.05, 0.1) is 12.9 Å². The summed E-state index contributed by atoms with van der Waals surface area (Å²) >= 11 is 0. The standard InChI is InChI=1S/C17H29FN2O6S/c1-17(2,3)26-16(22)19-10-7-14(8-11-19)20(13-15(21)25-4)27(23,24)12-6-5-9-18/h5-6,14H,7-13H2,1-4H3. The van der Waals surface area contributed by atoms with Crippen molar-refractivity contribution in [2.75, 3.05) is 39.2 Å². The number of alkyl halides is 1. The summed E-state index contributed by atoms with van der Waals surface area (Å²) in [5.41, 5.74) is -0.614. The lowest BCUT2D eigenvalue weighted by atomic mass is 10.1. The highest BCUT2D eigenvalue weighted by Crippen LogP contribution is 2.22. The molecule has 1 heterocycles. The summed E-state index contributed by atoms with van der Waals surface area (Å²) in [6.07, 6.45) is 2.60. The largest absolute Gasteiger partial charge is 0.468 e. The van der Waals surface area contributed by atoms with Gasteiger partial charge in [-0.2, -0.15) is 4.31 Å². The second kappa shape index (κ2) is 10.0. The maximum Gasteiger partial charge on any atom is 0.410 e. The minimum atomic E-state index is -3.82. The van der Waals surface area contributed by atoms with Gasteiger partial charge in [-0.3, -0.25) is 4.79 Å². The fourth-order valence-electron chi connectivity index (χ4n) is 2.66. The maximum absolute atomic E-state index is 12.6. The van der Waals surface area contributed by atoms with Crippen molar-refractivity contribution >= 4 is 22.1 Å². The van der Waals surface area contributed by atoms with E-state index in [0.717, 1.165) is 10.4 Å². The van der Waals surface area contributed by atoms with E-state index in [1.165, 1.54) is 18.1 Å². The SMILES string of the molecule is COC(=O)CN(C1CCN(C(=O)OC(C)(C)C)CC1)S(=O)(=O)CC=CCF. The molecule has 1 rings (SSSR count). The summed E-state index contributed by atoms with van der Waals surface area (Å²) < 4.78 is 48.4. The van der Waals surface area contributed by atoms with Crippen molar-refractivity contribution in [2.45, 2.75) is 45.3 Å². The highest BCUT2D eigenvalue weighted by Gasteiger charge is 2.35. The van der Waals surface area contributed by atoms with Crippen LogP contribution in [0.5, 0.6) is 0 Å². The maximum atomic E-state index is 12.6. The van der Waals surface area contributed by atoms with Crippen LogP contribution in [0, 0.1) is 0 Å². The number of piperidine rings is 1. The van der Waals surface area contributed by atoms with Crippen LogP contribution in [0.25, 0.3) is 0 Å². The molecule has 0 radical (unpaired) electrons. The van der Waals surface area contributed by atoms with E-state index < -0.39 is 52.7 Å². The van der Waals surface area contributed by atoms with Gasteiger partial charge in [-0.25, -0.2) is 17.6 Å². The third-order valence-electron chi connectivity index (χ3n) is 3.96. The Hall–Kier alpha value is -1.68. The third-order valence-corrected chi connectivity index (χ3v) is 5.71. The molecule has 0 saturated carbocycles. The Morgan fingerprint density at radius 3 is 2.30 bits per heavy atom. The van der Waals surface area contributed by atoms with E-state index in [4.69, 9.17) is 4.74 Å². The number of allylic oxidation sites excluding steroid dienone is 1. The van der Waals surface area contributed by atoms with Crippen LogP contribution >= 0.6 is 0 Å². The molecule has 0 bridgehead atoms. The van der Waals surface area contributed by atoms with Gasteiger partial charge in [0.15, 0.2) is 0 Å². The number of carbonyl (C=O) groups excluding carboxylic acids is 2. The van der Waals surface area contributed by atoms with Gasteiger partial charge in [-0.1, -0.05) is 12.2 Å². The van der Waals surface area contributed by atoms with Crippen LogP contribution in [0.2, 0.25) is 0 Å². The smallest absolute Gasteiger partial charge is 0.410 e. The van der Waals surface area contributed by atoms with Gasteiger partial charge in [0.2, 0.25) is 10.0 Å². The Morgan fingerprint density at radius 1 is 1.22 bits per heavy atom. The number of carbonyl (C=O) groups is 2. The Labute approximate surface area is 160 Å². The van der Waals surface area contributed by atoms with Crippen LogP contribution in [-0.2, 0) is 24.3 Å². The van der Waals surface area contributed by atoms with E-state index in [1.807, 2.05) is 0 Å². The zero-order chi connectivity index (χ0) is 20.7. The summed E-state index contributed by atoms with van der Waals surface area (Å²) in [7, 11) is -2.64. The van der Waals surface area contributed by atoms with Crippen molar-refractivity contribution < 1.29 is 31.9 Å². The number of halogens is 1. The molecule has 0 unspecified atom stereocenters. The number of ether oxygens (including phenoxy) is 2. The molecule has 0 N–H and O–H groups in total. The van der Waals surface area contributed by atoms with Crippen LogP contribution in [0.4, 0.5) is 9.18 Å². The molecule has 156 valence electrons. The second-order valence-corrected chi connectivity index (χ2v) is 9.19. The molecule has 1 saturated heterocycles. The van der Waals surface area contributed by atoms with E-state index in [2.05, 4.69) is 4.74 Å². The number of hydrogen-bond donors (Lipinski definition) is 0. The van der Waals surface area contributed by atoms with Crippen LogP contribution in [0.3, 0.4) is 0 Å². The Balaban J connectivity index is 2.83. The summed E-state index contributed by atoms with van der Waals surface area (Å²) in [5.74, 6) is -1.08. The second-order valence-electron chi connectivity index (χ2n) is 7.22. The number of esters is 1. The molecule has 0 aromatic rings. The van der Waals surface area contributed by atoms with Gasteiger partial charge < -0.3 is 14.4 Å². The molecule has 0 atom stereocenters. The summed E-state index contributed by atoms with van der Waals surface area (Å²) in [6, 6.07) is -0.452. The van der Waals surface area contributed by atoms with Crippen molar-refractivity contribution in [3.05, 3.63) is 12.2 Å². The van der Waals surface area contributed by atoms with Gasteiger partial charge in [0.25, 0.3) is 0 Å². The lowest BCUT2D eigenvalue weighted by Crippen LogP contribution is -2.51. The Kier molecular flexibility index (Phi) is 8.67. The van der Waals surface area contributed by atoms with Crippen molar-refractivity contribution in [3.8, 4) is 0 Å². The highest BCUT2D eigenvalue weighted by atomic mass is 32.2. The predicted octanol–water partition coefficient (Wildman–Crippen LogP) is 1.72. The molecule has 10 heteroatoms. The topological polar surface area (TPSA) is 93.2 Å². The predicted molar refractivity (Wildman–Crippen MR) is 98.5 cm³/mol. The average Bonchev–Trinajstić information content (AvgIpc) is 2.58. The van der Waals surface area contributed by atoms with E-state index in [9.17, 15) is 22.4 Å². The van der Waals surface area contributed by atoms with Gasteiger partial charge in [0.1, 0.15) is 18.8 Å². The fourth-order valence-corrected chi connectivity index (χ4v) is 4.20. The molecule has 27 heavy (non-hydrogen) atoms. The molecule has 0 spiro atoms. The van der Waals surface area contributed by atoms with Gasteiger partial charge in [-0.15, -0.1) is 0 Å². The van der Waals surface area contributed by atoms with Crippen LogP contribution in [0.1, 0.15) is 33.6 Å². The first kappa shape index (κ1) is 23.4. The number of likely N-dealkylation sites (tertiary alicyclic amines) is 1. The van der Waals surface area contributed by atoms with Crippen LogP contribution in [-0.4, -0.2) is 80.5 Å². The first-order valence-corrected chi connectivity index (χ1v) is 10.4. The van der Waals surface area contributed by atoms with Crippen LogP contribution in [0.15, 0.2) is 12.2 Å². The molecular weight excluding hydrogens is 379 g/mol. The monoisotopic (exact) mass is 408 g/mol. The molecule has 1 aliphatic rings. The lowest BCUT2D eigenvalue weighted by Gasteiger charge is -2.37. The number of methoxy groups -OCH3 is 1. The van der Waals surface area contributed by atoms with E-state index in [1.54, 1.807) is 20.8 Å². The molecule has 0 aliphatic carbocycles. The Bertz CT molecular complexity index is 636. The summed E-state index contributed by atoms with van der Waals surface area (Å²) in [6.45, 7) is 4.76. The molecule has 0 aromatic carbocycles. The van der Waals surface area contributed by atoms with Crippen molar-refractivity contribution in [3.63, 3.8) is 0 Å². The first-order chi connectivity index (χ1) is 12.5. The molecule has 1 fully saturated rings. The van der Waals surface area contributed by atoms with Gasteiger partial charge >= 0.3 is 12.1 Å². The van der Waals surface area contributed by atoms with Crippen molar-refractivity contribution in [1.82, 2.24) is 9.21 Å². The van der Waals surface area contributed by atoms with Crippen molar-refractivity contribution in [2.24, 2.45) is 0 Å². The van der Waals surface area contributed by atoms with E-state index in [0.29, 0.717) is 25.9 Å². The summed E-state index contributed by atoms with van der Waals surface area (Å²) in [5, 5.41) is 0. The minimum absolute atomic E-state index is 0.313. The normalized spacial score (nSPS) is 16.7. The van der Waals surface area contributed by atoms with Gasteiger partial charge in [0, 0.05) is 19.1 Å². The third kappa shape index (κ3) is 7.84. The fraction of sp³-hybridized carbons (Fsp3) is 0.765. The number of hydrogen-bond acceptors (Lipinski definition) is 6. The Morgan fingerprint density at radius 2 is 1.81 bits per heavy atom. The number of rotatable bonds is 7. The molecule has 8 nitrogen and oxygen atoms in total. The number of sulfonamides is 1. The zero-order valence-electron chi connectivity index (χ0n) is 16.3. The highest BCUT2D eigenvalue weighted by molar-refractivity contribution is 7.89. The lowest BCUT2D eigenvalue weighted by molar-refractivity contribution is -0.141. The van der Waals surface area contributed by atoms with E-state index >= 15 is 0 Å². The average molecular weight is 408 g/mol. The first-order valence-electron chi connectivity index (χ1n) is 8.75. The quantitative estimate of drug-likeness (QED) is 0.470. The number of amides is 1. The van der Waals surface area contributed by atoms with E-state index in [-0.39, 0.29) is 0 Å². The molecule has 1 amide bonds. The minimum Gasteiger partial charge on any atom is -0.468 e. The zero-order valence-corrected chi connectivity index (χ0v) is 17.1. The van der Waals surface area contributed by atoms with Crippen molar-refractivity contribution in [1.29, 1.82) is 0 Å². The number of nitrogens with zero attached hydrogens (tertiary/aromatic N) is 2. The summed E-state index contributed by atoms with van der Waals surface area (Å²) in [4.78, 5) is 25.3. The molecular formula is C17H29FN2O6S. The van der Waals surface area contributed by atoms with Gasteiger partial charge in [-0.05, 0) is 33.6 Å². The van der Waals surface area contributed by atoms with Crippen LogP contribution < -0.4 is 0 Å².